The van der Waals surface area contributed by atoms with Gasteiger partial charge in [0.1, 0.15) is 9.84 Å². The maximum absolute atomic E-state index is 10.7. The van der Waals surface area contributed by atoms with Gasteiger partial charge in [0, 0.05) is 5.75 Å². The molecular formula is C4H6Na2O8S3. The number of sulfone groups is 1. The number of rotatable bonds is 1. The van der Waals surface area contributed by atoms with E-state index in [2.05, 4.69) is 0 Å². The molecule has 1 atom stereocenters. The molecule has 0 aromatic carbocycles. The summed E-state index contributed by atoms with van der Waals surface area (Å²) in [5.74, 6) is -0.863. The predicted octanol–water partition coefficient (Wildman–Crippen LogP) is -8.46. The fraction of sp³-hybridized carbons (Fsp3) is 0.750. The van der Waals surface area contributed by atoms with Crippen molar-refractivity contribution in [2.45, 2.75) is 5.25 Å². The molecule has 1 fully saturated rings. The summed E-state index contributed by atoms with van der Waals surface area (Å²) in [6.45, 7) is 0. The van der Waals surface area contributed by atoms with Crippen LogP contribution in [0.4, 0.5) is 0 Å². The van der Waals surface area contributed by atoms with Crippen molar-refractivity contribution in [1.29, 1.82) is 0 Å². The van der Waals surface area contributed by atoms with Crippen molar-refractivity contribution in [3.05, 3.63) is 6.42 Å². The van der Waals surface area contributed by atoms with Crippen LogP contribution in [-0.2, 0) is 30.6 Å². The first-order valence-corrected chi connectivity index (χ1v) is 7.59. The van der Waals surface area contributed by atoms with E-state index in [1.807, 2.05) is 0 Å². The van der Waals surface area contributed by atoms with Gasteiger partial charge in [-0.2, -0.15) is 0 Å². The van der Waals surface area contributed by atoms with Gasteiger partial charge in [0.25, 0.3) is 0 Å². The van der Waals surface area contributed by atoms with Crippen molar-refractivity contribution >= 4 is 30.6 Å². The first-order valence-electron chi connectivity index (χ1n) is 3.30. The molecule has 1 saturated heterocycles. The summed E-state index contributed by atoms with van der Waals surface area (Å²) >= 11 is 0. The molecule has 1 aliphatic heterocycles. The Labute approximate surface area is 145 Å². The van der Waals surface area contributed by atoms with Crippen molar-refractivity contribution < 1.29 is 93.1 Å². The molecule has 0 spiro atoms. The Kier molecular flexibility index (Phi) is 13.0. The molecule has 1 aliphatic rings. The van der Waals surface area contributed by atoms with Crippen LogP contribution >= 0.6 is 0 Å². The van der Waals surface area contributed by atoms with Crippen molar-refractivity contribution in [2.75, 3.05) is 11.5 Å². The third kappa shape index (κ3) is 12.3. The van der Waals surface area contributed by atoms with E-state index in [0.717, 1.165) is 6.42 Å². The molecule has 90 valence electrons. The summed E-state index contributed by atoms with van der Waals surface area (Å²) in [7, 11) is -10.9. The minimum atomic E-state index is -4.46. The van der Waals surface area contributed by atoms with Crippen molar-refractivity contribution in [1.82, 2.24) is 0 Å². The molecule has 0 radical (unpaired) electrons. The molecule has 17 heavy (non-hydrogen) atoms. The Morgan fingerprint density at radius 3 is 1.65 bits per heavy atom. The van der Waals surface area contributed by atoms with Crippen molar-refractivity contribution in [3.8, 4) is 0 Å². The van der Waals surface area contributed by atoms with Gasteiger partial charge >= 0.3 is 69.7 Å². The van der Waals surface area contributed by atoms with E-state index in [1.165, 1.54) is 0 Å². The molecule has 0 aliphatic carbocycles. The summed E-state index contributed by atoms with van der Waals surface area (Å²) in [5.41, 5.74) is 0. The van der Waals surface area contributed by atoms with Crippen LogP contribution in [0.15, 0.2) is 0 Å². The topological polar surface area (TPSA) is 143 Å². The summed E-state index contributed by atoms with van der Waals surface area (Å²) in [6, 6.07) is 0. The summed E-state index contributed by atoms with van der Waals surface area (Å²) < 4.78 is 77.4. The van der Waals surface area contributed by atoms with E-state index in [4.69, 9.17) is 12.6 Å². The van der Waals surface area contributed by atoms with Crippen LogP contribution in [0.5, 0.6) is 0 Å². The van der Waals surface area contributed by atoms with Crippen LogP contribution in [0.3, 0.4) is 0 Å². The molecule has 13 heteroatoms. The molecule has 0 aromatic rings. The molecule has 0 bridgehead atoms. The average molecular weight is 324 g/mol. The van der Waals surface area contributed by atoms with Crippen LogP contribution in [0, 0.1) is 6.42 Å². The molecule has 0 aromatic heterocycles. The van der Waals surface area contributed by atoms with Gasteiger partial charge in [0.15, 0.2) is 0 Å². The second-order valence-electron chi connectivity index (χ2n) is 2.55. The second-order valence-corrected chi connectivity index (χ2v) is 6.70. The van der Waals surface area contributed by atoms with Crippen LogP contribution in [0.1, 0.15) is 0 Å². The summed E-state index contributed by atoms with van der Waals surface area (Å²) in [4.78, 5) is 0. The number of hydrogen-bond acceptors (Lipinski definition) is 8. The molecule has 0 amide bonds. The largest absolute Gasteiger partial charge is 1.00 e. The normalized spacial score (nSPS) is 21.1. The fourth-order valence-electron chi connectivity index (χ4n) is 0.841. The van der Waals surface area contributed by atoms with Crippen LogP contribution in [0.25, 0.3) is 0 Å². The van der Waals surface area contributed by atoms with Gasteiger partial charge in [0.2, 0.25) is 0 Å². The van der Waals surface area contributed by atoms with Crippen molar-refractivity contribution in [3.63, 3.8) is 0 Å². The first-order chi connectivity index (χ1) is 6.54. The van der Waals surface area contributed by atoms with Crippen LogP contribution < -0.4 is 59.1 Å². The second kappa shape index (κ2) is 9.39. The molecule has 1 rings (SSSR count). The molecule has 1 unspecified atom stereocenters. The van der Waals surface area contributed by atoms with Gasteiger partial charge in [0.05, 0.1) is 10.1 Å². The average Bonchev–Trinajstić information content (AvgIpc) is 2.27. The van der Waals surface area contributed by atoms with Gasteiger partial charge in [-0.25, -0.2) is 16.8 Å². The zero-order chi connectivity index (χ0) is 12.3. The van der Waals surface area contributed by atoms with Crippen LogP contribution in [0.2, 0.25) is 0 Å². The van der Waals surface area contributed by atoms with Gasteiger partial charge in [-0.05, 0) is 0 Å². The van der Waals surface area contributed by atoms with E-state index in [1.54, 1.807) is 0 Å². The smallest absolute Gasteiger partial charge is 0.750 e. The van der Waals surface area contributed by atoms with E-state index < -0.39 is 41.6 Å². The van der Waals surface area contributed by atoms with Crippen molar-refractivity contribution in [2.24, 2.45) is 0 Å². The summed E-state index contributed by atoms with van der Waals surface area (Å²) in [6.07, 6.45) is 1.03. The predicted molar refractivity (Wildman–Crippen MR) is 46.1 cm³/mol. The Bertz CT molecular complexity index is 510. The van der Waals surface area contributed by atoms with E-state index in [-0.39, 0.29) is 64.9 Å². The first kappa shape index (κ1) is 23.6. The Morgan fingerprint density at radius 2 is 1.53 bits per heavy atom. The van der Waals surface area contributed by atoms with E-state index in [9.17, 15) is 21.4 Å². The zero-order valence-corrected chi connectivity index (χ0v) is 15.5. The standard InChI is InChI=1S/C4H7O5S2.2Na.O3S/c5-10(6)2-1-4(3-10)11(7,8)9;;;1-4(2)3/h1,4H,2-3H2,(H,7,8,9);;;/q-1;2*+1;/p-1. The Balaban J connectivity index is -0.000000289. The Hall–Kier alpha value is 1.48. The maximum Gasteiger partial charge on any atom is 1.00 e. The molecule has 0 saturated carbocycles. The van der Waals surface area contributed by atoms with Gasteiger partial charge in [-0.3, -0.25) is 6.42 Å². The van der Waals surface area contributed by atoms with Gasteiger partial charge in [-0.15, -0.1) is 12.6 Å². The fourth-order valence-corrected chi connectivity index (χ4v) is 3.88. The SMILES string of the molecule is O=S(=O)=O.O=S1(=O)C[CH-]C(S(=O)(=O)[O-])C1.[Na+].[Na+]. The monoisotopic (exact) mass is 324 g/mol. The zero-order valence-electron chi connectivity index (χ0n) is 9.06. The molecule has 1 heterocycles. The Morgan fingerprint density at radius 1 is 1.18 bits per heavy atom. The summed E-state index contributed by atoms with van der Waals surface area (Å²) in [5, 5.41) is -1.34. The third-order valence-electron chi connectivity index (χ3n) is 1.40. The maximum atomic E-state index is 10.7. The molecular weight excluding hydrogens is 318 g/mol. The quantitative estimate of drug-likeness (QED) is 0.263. The van der Waals surface area contributed by atoms with E-state index >= 15 is 0 Å². The minimum absolute atomic E-state index is 0. The van der Waals surface area contributed by atoms with Gasteiger partial charge < -0.3 is 4.55 Å². The number of hydrogen-bond donors (Lipinski definition) is 0. The van der Waals surface area contributed by atoms with E-state index in [0.29, 0.717) is 0 Å². The third-order valence-corrected chi connectivity index (χ3v) is 4.28. The minimum Gasteiger partial charge on any atom is -0.750 e. The van der Waals surface area contributed by atoms with Crippen LogP contribution in [-0.4, -0.2) is 50.8 Å². The molecule has 8 nitrogen and oxygen atoms in total. The van der Waals surface area contributed by atoms with Gasteiger partial charge in [-0.1, -0.05) is 11.0 Å². The molecule has 0 N–H and O–H groups in total.